The lowest BCUT2D eigenvalue weighted by Crippen LogP contribution is -2.22. The van der Waals surface area contributed by atoms with Crippen molar-refractivity contribution in [3.05, 3.63) is 47.6 Å². The summed E-state index contributed by atoms with van der Waals surface area (Å²) in [5, 5.41) is 2.05. The van der Waals surface area contributed by atoms with Gasteiger partial charge < -0.3 is 10.6 Å². The molecule has 4 nitrogen and oxygen atoms in total. The van der Waals surface area contributed by atoms with Gasteiger partial charge in [0.2, 0.25) is 0 Å². The molecule has 0 spiro atoms. The van der Waals surface area contributed by atoms with E-state index in [1.807, 2.05) is 6.07 Å². The van der Waals surface area contributed by atoms with Crippen LogP contribution in [0.25, 0.3) is 10.2 Å². The van der Waals surface area contributed by atoms with Crippen molar-refractivity contribution in [1.29, 1.82) is 0 Å². The van der Waals surface area contributed by atoms with Crippen LogP contribution in [0.4, 0.5) is 11.5 Å². The van der Waals surface area contributed by atoms with Gasteiger partial charge in [-0.2, -0.15) is 0 Å². The topological polar surface area (TPSA) is 55.0 Å². The van der Waals surface area contributed by atoms with Crippen molar-refractivity contribution in [2.75, 3.05) is 18.0 Å². The summed E-state index contributed by atoms with van der Waals surface area (Å²) >= 11 is 1.68. The molecule has 0 atom stereocenters. The first-order valence-corrected chi connectivity index (χ1v) is 7.90. The zero-order valence-corrected chi connectivity index (χ0v) is 12.8. The van der Waals surface area contributed by atoms with Crippen LogP contribution in [0.2, 0.25) is 0 Å². The van der Waals surface area contributed by atoms with Crippen LogP contribution in [0.3, 0.4) is 0 Å². The molecule has 2 aromatic heterocycles. The molecule has 5 heteroatoms. The van der Waals surface area contributed by atoms with E-state index in [-0.39, 0.29) is 0 Å². The Hall–Kier alpha value is -1.98. The van der Waals surface area contributed by atoms with Crippen LogP contribution in [-0.2, 0) is 0 Å². The number of nitrogens with zero attached hydrogens (tertiary/aromatic N) is 3. The Morgan fingerprint density at radius 3 is 2.71 bits per heavy atom. The van der Waals surface area contributed by atoms with E-state index in [9.17, 15) is 0 Å². The Morgan fingerprint density at radius 1 is 1.14 bits per heavy atom. The average molecular weight is 298 g/mol. The highest BCUT2D eigenvalue weighted by atomic mass is 32.1. The molecular formula is C16H18N4S. The van der Waals surface area contributed by atoms with Crippen LogP contribution >= 0.6 is 11.3 Å². The molecule has 0 saturated heterocycles. The molecular weight excluding hydrogens is 280 g/mol. The molecule has 2 heterocycles. The van der Waals surface area contributed by atoms with Gasteiger partial charge in [-0.3, -0.25) is 0 Å². The normalized spacial score (nSPS) is 11.0. The summed E-state index contributed by atoms with van der Waals surface area (Å²) < 4.78 is 1.12. The number of rotatable bonds is 5. The van der Waals surface area contributed by atoms with Gasteiger partial charge in [-0.25, -0.2) is 9.97 Å². The van der Waals surface area contributed by atoms with Crippen LogP contribution in [-0.4, -0.2) is 23.1 Å². The minimum absolute atomic E-state index is 0.668. The monoisotopic (exact) mass is 298 g/mol. The summed E-state index contributed by atoms with van der Waals surface area (Å²) in [6.07, 6.45) is 2.55. The molecule has 2 N–H and O–H groups in total. The van der Waals surface area contributed by atoms with Crippen molar-refractivity contribution >= 4 is 33.1 Å². The molecule has 0 radical (unpaired) electrons. The highest BCUT2D eigenvalue weighted by Gasteiger charge is 2.14. The number of hydrogen-bond donors (Lipinski definition) is 1. The van der Waals surface area contributed by atoms with E-state index in [0.717, 1.165) is 34.7 Å². The Kier molecular flexibility index (Phi) is 4.13. The van der Waals surface area contributed by atoms with Crippen LogP contribution < -0.4 is 10.6 Å². The van der Waals surface area contributed by atoms with Gasteiger partial charge in [0.25, 0.3) is 0 Å². The minimum Gasteiger partial charge on any atom is -0.330 e. The Balaban J connectivity index is 2.06. The van der Waals surface area contributed by atoms with E-state index in [0.29, 0.717) is 6.54 Å². The van der Waals surface area contributed by atoms with E-state index >= 15 is 0 Å². The van der Waals surface area contributed by atoms with Crippen LogP contribution in [0, 0.1) is 6.92 Å². The number of nitrogens with two attached hydrogens (primary N) is 1. The molecule has 0 aliphatic carbocycles. The summed E-state index contributed by atoms with van der Waals surface area (Å²) in [7, 11) is 0. The zero-order chi connectivity index (χ0) is 14.7. The standard InChI is InChI=1S/C16H18N4S/c1-12-3-5-13(6-4-12)20(9-2-8-17)16-15-14(7-10-21-15)18-11-19-16/h3-7,10-11H,2,8-9,17H2,1H3. The fourth-order valence-electron chi connectivity index (χ4n) is 2.30. The first-order valence-electron chi connectivity index (χ1n) is 7.02. The van der Waals surface area contributed by atoms with E-state index in [2.05, 4.69) is 51.4 Å². The largest absolute Gasteiger partial charge is 0.330 e. The van der Waals surface area contributed by atoms with Gasteiger partial charge in [-0.15, -0.1) is 11.3 Å². The van der Waals surface area contributed by atoms with E-state index in [1.54, 1.807) is 17.7 Å². The van der Waals surface area contributed by atoms with Crippen LogP contribution in [0.1, 0.15) is 12.0 Å². The lowest BCUT2D eigenvalue weighted by atomic mass is 10.2. The number of aromatic nitrogens is 2. The van der Waals surface area contributed by atoms with Gasteiger partial charge in [-0.1, -0.05) is 17.7 Å². The molecule has 0 bridgehead atoms. The molecule has 3 rings (SSSR count). The van der Waals surface area contributed by atoms with Gasteiger partial charge in [0.1, 0.15) is 6.33 Å². The predicted molar refractivity (Wildman–Crippen MR) is 89.3 cm³/mol. The molecule has 0 aliphatic heterocycles. The highest BCUT2D eigenvalue weighted by Crippen LogP contribution is 2.32. The smallest absolute Gasteiger partial charge is 0.154 e. The second kappa shape index (κ2) is 6.20. The third kappa shape index (κ3) is 2.89. The summed E-state index contributed by atoms with van der Waals surface area (Å²) in [6.45, 7) is 3.61. The maximum atomic E-state index is 5.69. The second-order valence-electron chi connectivity index (χ2n) is 4.96. The average Bonchev–Trinajstić information content (AvgIpc) is 2.98. The molecule has 0 saturated carbocycles. The number of anilines is 2. The molecule has 0 amide bonds. The van der Waals surface area contributed by atoms with Gasteiger partial charge >= 0.3 is 0 Å². The van der Waals surface area contributed by atoms with Gasteiger partial charge in [0.15, 0.2) is 5.82 Å². The molecule has 0 unspecified atom stereocenters. The van der Waals surface area contributed by atoms with E-state index in [1.165, 1.54) is 5.56 Å². The summed E-state index contributed by atoms with van der Waals surface area (Å²) in [5.41, 5.74) is 9.08. The molecule has 0 fully saturated rings. The highest BCUT2D eigenvalue weighted by molar-refractivity contribution is 7.17. The van der Waals surface area contributed by atoms with Gasteiger partial charge in [0, 0.05) is 12.2 Å². The van der Waals surface area contributed by atoms with Crippen molar-refractivity contribution in [2.45, 2.75) is 13.3 Å². The van der Waals surface area contributed by atoms with Crippen LogP contribution in [0.5, 0.6) is 0 Å². The SMILES string of the molecule is Cc1ccc(N(CCCN)c2ncnc3ccsc23)cc1. The van der Waals surface area contributed by atoms with Crippen molar-refractivity contribution in [3.8, 4) is 0 Å². The molecule has 21 heavy (non-hydrogen) atoms. The first-order chi connectivity index (χ1) is 10.3. The summed E-state index contributed by atoms with van der Waals surface area (Å²) in [4.78, 5) is 11.1. The van der Waals surface area contributed by atoms with Crippen molar-refractivity contribution in [2.24, 2.45) is 5.73 Å². The van der Waals surface area contributed by atoms with E-state index < -0.39 is 0 Å². The number of fused-ring (bicyclic) bond motifs is 1. The van der Waals surface area contributed by atoms with Crippen LogP contribution in [0.15, 0.2) is 42.0 Å². The summed E-state index contributed by atoms with van der Waals surface area (Å²) in [6, 6.07) is 10.5. The van der Waals surface area contributed by atoms with Crippen molar-refractivity contribution in [3.63, 3.8) is 0 Å². The first kappa shape index (κ1) is 14.0. The molecule has 0 aliphatic rings. The lowest BCUT2D eigenvalue weighted by Gasteiger charge is -2.24. The van der Waals surface area contributed by atoms with Gasteiger partial charge in [0.05, 0.1) is 10.2 Å². The van der Waals surface area contributed by atoms with Crippen molar-refractivity contribution in [1.82, 2.24) is 9.97 Å². The lowest BCUT2D eigenvalue weighted by molar-refractivity contribution is 0.811. The second-order valence-corrected chi connectivity index (χ2v) is 5.88. The zero-order valence-electron chi connectivity index (χ0n) is 12.0. The molecule has 1 aromatic carbocycles. The number of benzene rings is 1. The van der Waals surface area contributed by atoms with E-state index in [4.69, 9.17) is 5.73 Å². The number of aryl methyl sites for hydroxylation is 1. The molecule has 3 aromatic rings. The fraction of sp³-hybridized carbons (Fsp3) is 0.250. The number of hydrogen-bond acceptors (Lipinski definition) is 5. The Labute approximate surface area is 128 Å². The molecule has 108 valence electrons. The van der Waals surface area contributed by atoms with Gasteiger partial charge in [-0.05, 0) is 43.5 Å². The fourth-order valence-corrected chi connectivity index (χ4v) is 3.14. The maximum absolute atomic E-state index is 5.69. The Morgan fingerprint density at radius 2 is 1.95 bits per heavy atom. The minimum atomic E-state index is 0.668. The third-order valence-electron chi connectivity index (χ3n) is 3.41. The summed E-state index contributed by atoms with van der Waals surface area (Å²) in [5.74, 6) is 0.965. The number of thiophene rings is 1. The third-order valence-corrected chi connectivity index (χ3v) is 4.31. The Bertz CT molecular complexity index is 720. The van der Waals surface area contributed by atoms with Crippen molar-refractivity contribution < 1.29 is 0 Å². The maximum Gasteiger partial charge on any atom is 0.154 e. The predicted octanol–water partition coefficient (Wildman–Crippen LogP) is 3.49. The quantitative estimate of drug-likeness (QED) is 0.783.